The van der Waals surface area contributed by atoms with Crippen LogP contribution in [0, 0.1) is 0 Å². The second kappa shape index (κ2) is 4.57. The Balaban J connectivity index is 2.37. The van der Waals surface area contributed by atoms with E-state index >= 15 is 0 Å². The molecule has 0 saturated carbocycles. The molecule has 0 radical (unpaired) electrons. The van der Waals surface area contributed by atoms with E-state index in [2.05, 4.69) is 92.5 Å². The number of benzene rings is 4. The maximum absolute atomic E-state index is 3.75. The molecule has 0 nitrogen and oxygen atoms in total. The van der Waals surface area contributed by atoms with Crippen LogP contribution in [0.1, 0.15) is 0 Å². The summed E-state index contributed by atoms with van der Waals surface area (Å²) >= 11 is 7.44. The van der Waals surface area contributed by atoms with Crippen molar-refractivity contribution in [3.05, 3.63) is 69.6 Å². The fourth-order valence-corrected chi connectivity index (χ4v) is 4.16. The minimum atomic E-state index is 1.14. The lowest BCUT2D eigenvalue weighted by Crippen LogP contribution is -1.83. The second-order valence-corrected chi connectivity index (χ2v) is 6.61. The van der Waals surface area contributed by atoms with Crippen molar-refractivity contribution in [2.24, 2.45) is 0 Å². The fourth-order valence-electron chi connectivity index (χ4n) is 2.89. The molecule has 0 aliphatic rings. The smallest absolute Gasteiger partial charge is 0.0266 e. The Morgan fingerprint density at radius 3 is 2.25 bits per heavy atom. The Labute approximate surface area is 133 Å². The molecule has 0 atom stereocenters. The molecule has 0 heterocycles. The first-order chi connectivity index (χ1) is 9.75. The highest BCUT2D eigenvalue weighted by Crippen LogP contribution is 2.39. The van der Waals surface area contributed by atoms with E-state index in [0.717, 1.165) is 8.95 Å². The first kappa shape index (κ1) is 12.4. The molecule has 0 unspecified atom stereocenters. The van der Waals surface area contributed by atoms with Crippen LogP contribution < -0.4 is 0 Å². The molecule has 4 aromatic rings. The van der Waals surface area contributed by atoms with E-state index in [-0.39, 0.29) is 0 Å². The Hall–Kier alpha value is -1.38. The van der Waals surface area contributed by atoms with Gasteiger partial charge < -0.3 is 0 Å². The van der Waals surface area contributed by atoms with Crippen LogP contribution in [0.3, 0.4) is 0 Å². The van der Waals surface area contributed by atoms with Crippen LogP contribution >= 0.6 is 31.9 Å². The Morgan fingerprint density at radius 1 is 0.550 bits per heavy atom. The van der Waals surface area contributed by atoms with E-state index in [1.807, 2.05) is 0 Å². The molecule has 0 saturated heterocycles. The number of hydrogen-bond acceptors (Lipinski definition) is 0. The van der Waals surface area contributed by atoms with E-state index in [9.17, 15) is 0 Å². The lowest BCUT2D eigenvalue weighted by atomic mass is 9.97. The van der Waals surface area contributed by atoms with Crippen LogP contribution in [0.25, 0.3) is 32.3 Å². The van der Waals surface area contributed by atoms with Gasteiger partial charge in [-0.25, -0.2) is 0 Å². The summed E-state index contributed by atoms with van der Waals surface area (Å²) in [6.07, 6.45) is 0. The van der Waals surface area contributed by atoms with Crippen LogP contribution in [0.5, 0.6) is 0 Å². The van der Waals surface area contributed by atoms with E-state index < -0.39 is 0 Å². The highest BCUT2D eigenvalue weighted by atomic mass is 79.9. The molecule has 0 N–H and O–H groups in total. The minimum Gasteiger partial charge on any atom is -0.0616 e. The van der Waals surface area contributed by atoms with Crippen molar-refractivity contribution in [1.82, 2.24) is 0 Å². The molecule has 0 aliphatic carbocycles. The number of rotatable bonds is 0. The van der Waals surface area contributed by atoms with Crippen LogP contribution in [0.15, 0.2) is 69.6 Å². The third kappa shape index (κ3) is 1.72. The summed E-state index contributed by atoms with van der Waals surface area (Å²) < 4.78 is 2.29. The van der Waals surface area contributed by atoms with Crippen molar-refractivity contribution < 1.29 is 0 Å². The third-order valence-electron chi connectivity index (χ3n) is 3.77. The lowest BCUT2D eigenvalue weighted by molar-refractivity contribution is 1.72. The minimum absolute atomic E-state index is 1.14. The molecule has 20 heavy (non-hydrogen) atoms. The molecule has 0 aliphatic heterocycles. The molecule has 4 rings (SSSR count). The van der Waals surface area contributed by atoms with E-state index in [1.165, 1.54) is 32.3 Å². The molecule has 0 amide bonds. The highest BCUT2D eigenvalue weighted by molar-refractivity contribution is 9.11. The maximum Gasteiger partial charge on any atom is 0.0266 e. The monoisotopic (exact) mass is 384 g/mol. The third-order valence-corrected chi connectivity index (χ3v) is 5.05. The standard InChI is InChI=1S/C18H10Br2/c19-15-7-3-5-12-10-16(20)18-13-6-2-1-4-11(13)8-9-14(18)17(12)15/h1-10H. The van der Waals surface area contributed by atoms with Gasteiger partial charge in [0.1, 0.15) is 0 Å². The molecule has 0 aromatic heterocycles. The molecule has 0 fully saturated rings. The predicted molar refractivity (Wildman–Crippen MR) is 94.4 cm³/mol. The van der Waals surface area contributed by atoms with E-state index in [4.69, 9.17) is 0 Å². The summed E-state index contributed by atoms with van der Waals surface area (Å²) in [7, 11) is 0. The second-order valence-electron chi connectivity index (χ2n) is 4.91. The summed E-state index contributed by atoms with van der Waals surface area (Å²) in [6, 6.07) is 21.5. The Kier molecular flexibility index (Phi) is 2.83. The van der Waals surface area contributed by atoms with Crippen molar-refractivity contribution in [2.75, 3.05) is 0 Å². The first-order valence-corrected chi connectivity index (χ1v) is 8.02. The topological polar surface area (TPSA) is 0 Å². The van der Waals surface area contributed by atoms with Crippen LogP contribution in [-0.4, -0.2) is 0 Å². The zero-order chi connectivity index (χ0) is 13.7. The number of fused-ring (bicyclic) bond motifs is 5. The van der Waals surface area contributed by atoms with E-state index in [1.54, 1.807) is 0 Å². The lowest BCUT2D eigenvalue weighted by Gasteiger charge is -2.11. The van der Waals surface area contributed by atoms with Gasteiger partial charge in [0.05, 0.1) is 0 Å². The number of hydrogen-bond donors (Lipinski definition) is 0. The van der Waals surface area contributed by atoms with Gasteiger partial charge in [-0.05, 0) is 33.7 Å². The molecule has 0 bridgehead atoms. The summed E-state index contributed by atoms with van der Waals surface area (Å²) in [5.74, 6) is 0. The first-order valence-electron chi connectivity index (χ1n) is 6.44. The summed E-state index contributed by atoms with van der Waals surface area (Å²) in [5.41, 5.74) is 0. The van der Waals surface area contributed by atoms with Gasteiger partial charge in [0.25, 0.3) is 0 Å². The molecule has 2 heteroatoms. The summed E-state index contributed by atoms with van der Waals surface area (Å²) in [4.78, 5) is 0. The van der Waals surface area contributed by atoms with Gasteiger partial charge in [0.2, 0.25) is 0 Å². The molecule has 96 valence electrons. The maximum atomic E-state index is 3.75. The molecular weight excluding hydrogens is 376 g/mol. The van der Waals surface area contributed by atoms with Gasteiger partial charge in [-0.2, -0.15) is 0 Å². The average molecular weight is 386 g/mol. The van der Waals surface area contributed by atoms with E-state index in [0.29, 0.717) is 0 Å². The highest BCUT2D eigenvalue weighted by Gasteiger charge is 2.10. The van der Waals surface area contributed by atoms with Crippen molar-refractivity contribution in [2.45, 2.75) is 0 Å². The van der Waals surface area contributed by atoms with Crippen LogP contribution in [-0.2, 0) is 0 Å². The zero-order valence-corrected chi connectivity index (χ0v) is 13.7. The quantitative estimate of drug-likeness (QED) is 0.296. The average Bonchev–Trinajstić information content (AvgIpc) is 2.46. The van der Waals surface area contributed by atoms with Gasteiger partial charge in [-0.15, -0.1) is 0 Å². The largest absolute Gasteiger partial charge is 0.0616 e. The van der Waals surface area contributed by atoms with Gasteiger partial charge in [-0.1, -0.05) is 80.4 Å². The van der Waals surface area contributed by atoms with Gasteiger partial charge in [0.15, 0.2) is 0 Å². The van der Waals surface area contributed by atoms with Crippen molar-refractivity contribution in [3.8, 4) is 0 Å². The Bertz CT molecular complexity index is 971. The van der Waals surface area contributed by atoms with Crippen molar-refractivity contribution in [3.63, 3.8) is 0 Å². The fraction of sp³-hybridized carbons (Fsp3) is 0. The van der Waals surface area contributed by atoms with Crippen molar-refractivity contribution in [1.29, 1.82) is 0 Å². The van der Waals surface area contributed by atoms with Gasteiger partial charge in [0, 0.05) is 19.7 Å². The Morgan fingerprint density at radius 2 is 1.35 bits per heavy atom. The zero-order valence-electron chi connectivity index (χ0n) is 10.5. The molecule has 0 spiro atoms. The van der Waals surface area contributed by atoms with Crippen LogP contribution in [0.4, 0.5) is 0 Å². The van der Waals surface area contributed by atoms with Gasteiger partial charge in [-0.3, -0.25) is 0 Å². The summed E-state index contributed by atoms with van der Waals surface area (Å²) in [6.45, 7) is 0. The summed E-state index contributed by atoms with van der Waals surface area (Å²) in [5, 5.41) is 7.63. The molecular formula is C18H10Br2. The SMILES string of the molecule is Brc1cccc2cc(Br)c3c4ccccc4ccc3c12. The predicted octanol–water partition coefficient (Wildman–Crippen LogP) is 6.67. The van der Waals surface area contributed by atoms with Gasteiger partial charge >= 0.3 is 0 Å². The number of halogens is 2. The normalized spacial score (nSPS) is 11.5. The van der Waals surface area contributed by atoms with Crippen LogP contribution in [0.2, 0.25) is 0 Å². The van der Waals surface area contributed by atoms with Crippen molar-refractivity contribution >= 4 is 64.2 Å². The molecule has 4 aromatic carbocycles.